The number of rotatable bonds is 10. The summed E-state index contributed by atoms with van der Waals surface area (Å²) in [5, 5.41) is 0. The predicted molar refractivity (Wildman–Crippen MR) is 163 cm³/mol. The van der Waals surface area contributed by atoms with Crippen LogP contribution in [0.25, 0.3) is 5.69 Å². The van der Waals surface area contributed by atoms with Gasteiger partial charge in [0.05, 0.1) is 31.3 Å². The van der Waals surface area contributed by atoms with Gasteiger partial charge in [-0.15, -0.1) is 0 Å². The molecule has 42 heavy (non-hydrogen) atoms. The minimum absolute atomic E-state index is 0.00860. The number of hydrogen-bond donors (Lipinski definition) is 0. The Bertz CT molecular complexity index is 1580. The van der Waals surface area contributed by atoms with Crippen molar-refractivity contribution in [2.75, 3.05) is 32.2 Å². The average molecular weight is 564 g/mol. The number of aromatic nitrogens is 1. The molecule has 7 heteroatoms. The zero-order chi connectivity index (χ0) is 29.2. The van der Waals surface area contributed by atoms with Crippen molar-refractivity contribution in [3.05, 3.63) is 108 Å². The highest BCUT2D eigenvalue weighted by atomic mass is 16.5. The van der Waals surface area contributed by atoms with E-state index in [0.717, 1.165) is 41.9 Å². The second kappa shape index (κ2) is 11.8. The molecule has 7 nitrogen and oxygen atoms in total. The van der Waals surface area contributed by atoms with E-state index in [0.29, 0.717) is 18.0 Å². The van der Waals surface area contributed by atoms with Crippen molar-refractivity contribution in [2.24, 2.45) is 5.92 Å². The van der Waals surface area contributed by atoms with Crippen LogP contribution in [0.4, 0.5) is 5.69 Å². The molecule has 1 saturated carbocycles. The van der Waals surface area contributed by atoms with Gasteiger partial charge in [0.25, 0.3) is 0 Å². The van der Waals surface area contributed by atoms with E-state index < -0.39 is 6.04 Å². The summed E-state index contributed by atoms with van der Waals surface area (Å²) in [6.45, 7) is 2.67. The molecule has 1 aliphatic carbocycles. The van der Waals surface area contributed by atoms with Gasteiger partial charge in [0.1, 0.15) is 24.1 Å². The number of ether oxygens (including phenoxy) is 2. The molecule has 0 N–H and O–H groups in total. The Morgan fingerprint density at radius 3 is 2.40 bits per heavy atom. The Hall–Kier alpha value is -4.52. The molecule has 2 aliphatic rings. The molecule has 0 saturated heterocycles. The average Bonchev–Trinajstić information content (AvgIpc) is 3.69. The molecule has 2 heterocycles. The smallest absolute Gasteiger partial charge is 0.247 e. The first kappa shape index (κ1) is 27.6. The number of anilines is 1. The Morgan fingerprint density at radius 1 is 0.905 bits per heavy atom. The molecule has 2 amide bonds. The minimum Gasteiger partial charge on any atom is -0.497 e. The summed E-state index contributed by atoms with van der Waals surface area (Å²) in [5.41, 5.74) is 4.65. The molecule has 3 unspecified atom stereocenters. The van der Waals surface area contributed by atoms with E-state index in [1.54, 1.807) is 19.1 Å². The van der Waals surface area contributed by atoms with E-state index in [1.165, 1.54) is 5.56 Å². The molecule has 0 bridgehead atoms. The topological polar surface area (TPSA) is 64.0 Å². The van der Waals surface area contributed by atoms with Crippen molar-refractivity contribution < 1.29 is 19.1 Å². The second-order valence-corrected chi connectivity index (χ2v) is 11.0. The number of carbonyl (C=O) groups excluding carboxylic acids is 2. The number of fused-ring (bicyclic) bond motifs is 3. The number of carbonyl (C=O) groups is 2. The molecule has 0 spiro atoms. The largest absolute Gasteiger partial charge is 0.497 e. The number of amides is 2. The quantitative estimate of drug-likeness (QED) is 0.225. The van der Waals surface area contributed by atoms with Crippen LogP contribution in [-0.4, -0.2) is 48.6 Å². The summed E-state index contributed by atoms with van der Waals surface area (Å²) in [5.74, 6) is 1.40. The number of nitrogens with zero attached hydrogens (tertiary/aromatic N) is 3. The number of para-hydroxylation sites is 2. The molecule has 3 aromatic carbocycles. The van der Waals surface area contributed by atoms with E-state index in [-0.39, 0.29) is 30.2 Å². The van der Waals surface area contributed by atoms with Crippen LogP contribution in [0.1, 0.15) is 55.0 Å². The molecule has 4 aromatic rings. The van der Waals surface area contributed by atoms with Crippen LogP contribution >= 0.6 is 0 Å². The molecule has 3 atom stereocenters. The van der Waals surface area contributed by atoms with E-state index in [9.17, 15) is 9.59 Å². The number of methoxy groups -OCH3 is 2. The van der Waals surface area contributed by atoms with E-state index in [4.69, 9.17) is 9.47 Å². The fraction of sp³-hybridized carbons (Fsp3) is 0.314. The lowest BCUT2D eigenvalue weighted by Crippen LogP contribution is -2.47. The predicted octanol–water partition coefficient (Wildman–Crippen LogP) is 6.36. The monoisotopic (exact) mass is 563 g/mol. The zero-order valence-corrected chi connectivity index (χ0v) is 24.4. The van der Waals surface area contributed by atoms with Crippen LogP contribution in [-0.2, 0) is 9.59 Å². The third-order valence-electron chi connectivity index (χ3n) is 8.47. The molecule has 0 radical (unpaired) electrons. The van der Waals surface area contributed by atoms with Gasteiger partial charge in [0.15, 0.2) is 0 Å². The fourth-order valence-corrected chi connectivity index (χ4v) is 6.24. The van der Waals surface area contributed by atoms with Gasteiger partial charge < -0.3 is 18.9 Å². The van der Waals surface area contributed by atoms with Crippen LogP contribution in [0.2, 0.25) is 0 Å². The lowest BCUT2D eigenvalue weighted by molar-refractivity contribution is -0.136. The first-order valence-electron chi connectivity index (χ1n) is 14.7. The number of unbranched alkanes of at least 4 members (excludes halogenated alkanes) is 1. The SMILES string of the molecule is CCCCN(CC(=O)N1c2ccccc2-n2cccc2C1c1cc(OC)ccc1OC)C(=O)C1CC1c1ccccc1. The normalized spacial score (nSPS) is 18.5. The van der Waals surface area contributed by atoms with Crippen molar-refractivity contribution in [1.29, 1.82) is 0 Å². The molecule has 1 aromatic heterocycles. The lowest BCUT2D eigenvalue weighted by atomic mass is 9.96. The molecular formula is C35H37N3O4. The molecule has 6 rings (SSSR count). The van der Waals surface area contributed by atoms with Gasteiger partial charge in [-0.05, 0) is 66.8 Å². The Morgan fingerprint density at radius 2 is 1.67 bits per heavy atom. The van der Waals surface area contributed by atoms with Gasteiger partial charge in [-0.3, -0.25) is 14.5 Å². The van der Waals surface area contributed by atoms with Gasteiger partial charge in [-0.1, -0.05) is 55.8 Å². The minimum atomic E-state index is -0.478. The van der Waals surface area contributed by atoms with Gasteiger partial charge >= 0.3 is 0 Å². The van der Waals surface area contributed by atoms with E-state index in [2.05, 4.69) is 23.6 Å². The highest BCUT2D eigenvalue weighted by Crippen LogP contribution is 2.49. The standard InChI is InChI=1S/C35H37N3O4/c1-4-5-19-36(35(40)27-22-26(27)24-12-7-6-8-13-24)23-33(39)38-30-15-10-9-14-29(30)37-20-11-16-31(37)34(38)28-21-25(41-2)17-18-32(28)42-3/h6-18,20-21,26-27,34H,4-5,19,22-23H2,1-3H3. The number of hydrogen-bond acceptors (Lipinski definition) is 4. The highest BCUT2D eigenvalue weighted by molar-refractivity contribution is 6.01. The maximum atomic E-state index is 14.6. The van der Waals surface area contributed by atoms with Crippen molar-refractivity contribution in [3.8, 4) is 17.2 Å². The van der Waals surface area contributed by atoms with Crippen molar-refractivity contribution in [3.63, 3.8) is 0 Å². The summed E-state index contributed by atoms with van der Waals surface area (Å²) in [4.78, 5) is 32.0. The summed E-state index contributed by atoms with van der Waals surface area (Å²) in [7, 11) is 3.27. The zero-order valence-electron chi connectivity index (χ0n) is 24.4. The van der Waals surface area contributed by atoms with Gasteiger partial charge in [0.2, 0.25) is 11.8 Å². The number of benzene rings is 3. The first-order valence-corrected chi connectivity index (χ1v) is 14.7. The maximum absolute atomic E-state index is 14.6. The van der Waals surface area contributed by atoms with Gasteiger partial charge in [-0.25, -0.2) is 0 Å². The van der Waals surface area contributed by atoms with Crippen LogP contribution in [0.3, 0.4) is 0 Å². The highest BCUT2D eigenvalue weighted by Gasteiger charge is 2.46. The lowest BCUT2D eigenvalue weighted by Gasteiger charge is -2.40. The van der Waals surface area contributed by atoms with E-state index >= 15 is 0 Å². The van der Waals surface area contributed by atoms with Crippen LogP contribution in [0.15, 0.2) is 91.1 Å². The fourth-order valence-electron chi connectivity index (χ4n) is 6.24. The van der Waals surface area contributed by atoms with E-state index in [1.807, 2.05) is 83.9 Å². The second-order valence-electron chi connectivity index (χ2n) is 11.0. The Kier molecular flexibility index (Phi) is 7.74. The van der Waals surface area contributed by atoms with Crippen molar-refractivity contribution in [2.45, 2.75) is 38.1 Å². The summed E-state index contributed by atoms with van der Waals surface area (Å²) < 4.78 is 13.5. The van der Waals surface area contributed by atoms with Gasteiger partial charge in [0, 0.05) is 24.2 Å². The van der Waals surface area contributed by atoms with Crippen molar-refractivity contribution in [1.82, 2.24) is 9.47 Å². The van der Waals surface area contributed by atoms with Gasteiger partial charge in [-0.2, -0.15) is 0 Å². The van der Waals surface area contributed by atoms with Crippen LogP contribution in [0.5, 0.6) is 11.5 Å². The Balaban J connectivity index is 1.37. The summed E-state index contributed by atoms with van der Waals surface area (Å²) >= 11 is 0. The first-order chi connectivity index (χ1) is 20.5. The molecular weight excluding hydrogens is 526 g/mol. The van der Waals surface area contributed by atoms with Crippen LogP contribution in [0, 0.1) is 5.92 Å². The maximum Gasteiger partial charge on any atom is 0.247 e. The summed E-state index contributed by atoms with van der Waals surface area (Å²) in [6, 6.07) is 27.3. The Labute approximate surface area is 247 Å². The molecule has 1 aliphatic heterocycles. The molecule has 1 fully saturated rings. The van der Waals surface area contributed by atoms with Crippen LogP contribution < -0.4 is 14.4 Å². The third-order valence-corrected chi connectivity index (χ3v) is 8.47. The third kappa shape index (κ3) is 5.04. The molecule has 216 valence electrons. The van der Waals surface area contributed by atoms with Crippen molar-refractivity contribution >= 4 is 17.5 Å². The summed E-state index contributed by atoms with van der Waals surface area (Å²) in [6.07, 6.45) is 4.62.